The number of hydrogen-bond acceptors (Lipinski definition) is 6. The van der Waals surface area contributed by atoms with Crippen LogP contribution in [-0.2, 0) is 4.74 Å². The molecule has 1 saturated heterocycles. The Kier molecular flexibility index (Phi) is 5.13. The van der Waals surface area contributed by atoms with E-state index in [0.29, 0.717) is 11.3 Å². The Morgan fingerprint density at radius 3 is 2.63 bits per heavy atom. The second kappa shape index (κ2) is 6.64. The van der Waals surface area contributed by atoms with E-state index in [1.807, 2.05) is 12.1 Å². The Morgan fingerprint density at radius 1 is 1.37 bits per heavy atom. The molecule has 1 aliphatic rings. The smallest absolute Gasteiger partial charge is 0.112 e. The monoisotopic (exact) mass is 297 g/mol. The summed E-state index contributed by atoms with van der Waals surface area (Å²) in [7, 11) is 1.50. The summed E-state index contributed by atoms with van der Waals surface area (Å²) in [4.78, 5) is 0.988. The van der Waals surface area contributed by atoms with E-state index >= 15 is 0 Å². The third kappa shape index (κ3) is 3.44. The topological polar surface area (TPSA) is 73.5 Å². The molecule has 0 aliphatic carbocycles. The van der Waals surface area contributed by atoms with Gasteiger partial charge < -0.3 is 14.9 Å². The summed E-state index contributed by atoms with van der Waals surface area (Å²) in [6.45, 7) is 0. The quantitative estimate of drug-likeness (QED) is 0.880. The molecular weight excluding hydrogens is 282 g/mol. The molecule has 0 unspecified atom stereocenters. The van der Waals surface area contributed by atoms with Gasteiger partial charge in [-0.1, -0.05) is 0 Å². The molecule has 102 valence electrons. The fourth-order valence-electron chi connectivity index (χ4n) is 1.91. The number of nitriles is 1. The van der Waals surface area contributed by atoms with Crippen molar-refractivity contribution in [1.29, 1.82) is 5.26 Å². The van der Waals surface area contributed by atoms with Crippen LogP contribution in [0.3, 0.4) is 0 Å². The first kappa shape index (κ1) is 14.7. The second-order valence-electron chi connectivity index (χ2n) is 4.21. The maximum Gasteiger partial charge on any atom is 0.112 e. The van der Waals surface area contributed by atoms with E-state index in [1.54, 1.807) is 12.1 Å². The van der Waals surface area contributed by atoms with Gasteiger partial charge in [0, 0.05) is 17.8 Å². The van der Waals surface area contributed by atoms with Gasteiger partial charge in [-0.2, -0.15) is 5.26 Å². The molecule has 1 aromatic rings. The molecule has 1 aliphatic heterocycles. The molecular formula is C13H15NO3S2. The zero-order chi connectivity index (χ0) is 13.8. The van der Waals surface area contributed by atoms with Gasteiger partial charge in [0.1, 0.15) is 12.2 Å². The van der Waals surface area contributed by atoms with E-state index in [1.165, 1.54) is 30.6 Å². The Bertz CT molecular complexity index is 460. The third-order valence-corrected chi connectivity index (χ3v) is 5.83. The number of thioether (sulfide) groups is 2. The highest BCUT2D eigenvalue weighted by molar-refractivity contribution is 8.17. The van der Waals surface area contributed by atoms with Gasteiger partial charge in [-0.15, -0.1) is 23.5 Å². The van der Waals surface area contributed by atoms with E-state index in [9.17, 15) is 10.2 Å². The predicted molar refractivity (Wildman–Crippen MR) is 76.1 cm³/mol. The van der Waals surface area contributed by atoms with Crippen molar-refractivity contribution in [3.8, 4) is 6.07 Å². The molecule has 19 heavy (non-hydrogen) atoms. The zero-order valence-corrected chi connectivity index (χ0v) is 12.0. The first-order chi connectivity index (χ1) is 9.15. The highest BCUT2D eigenvalue weighted by atomic mass is 32.2. The maximum absolute atomic E-state index is 10.2. The zero-order valence-electron chi connectivity index (χ0n) is 10.4. The average molecular weight is 297 g/mol. The number of ether oxygens (including phenoxy) is 1. The van der Waals surface area contributed by atoms with Crippen molar-refractivity contribution >= 4 is 23.5 Å². The van der Waals surface area contributed by atoms with Gasteiger partial charge >= 0.3 is 0 Å². The molecule has 6 heteroatoms. The number of aliphatic hydroxyl groups is 2. The molecule has 2 rings (SSSR count). The summed E-state index contributed by atoms with van der Waals surface area (Å²) < 4.78 is 5.07. The van der Waals surface area contributed by atoms with Crippen LogP contribution in [-0.4, -0.2) is 46.0 Å². The predicted octanol–water partition coefficient (Wildman–Crippen LogP) is 1.46. The minimum Gasteiger partial charge on any atom is -0.389 e. The summed E-state index contributed by atoms with van der Waals surface area (Å²) in [6, 6.07) is 9.31. The van der Waals surface area contributed by atoms with Crippen LogP contribution in [0.1, 0.15) is 5.56 Å². The van der Waals surface area contributed by atoms with E-state index in [4.69, 9.17) is 10.00 Å². The molecule has 0 radical (unpaired) electrons. The summed E-state index contributed by atoms with van der Waals surface area (Å²) in [6.07, 6.45) is -1.90. The van der Waals surface area contributed by atoms with Gasteiger partial charge in [0.05, 0.1) is 22.3 Å². The van der Waals surface area contributed by atoms with E-state index in [2.05, 4.69) is 6.07 Å². The molecule has 1 fully saturated rings. The minimum absolute atomic E-state index is 0.0821. The first-order valence-electron chi connectivity index (χ1n) is 5.83. The average Bonchev–Trinajstić information content (AvgIpc) is 2.43. The molecule has 0 spiro atoms. The fourth-order valence-corrected chi connectivity index (χ4v) is 4.54. The van der Waals surface area contributed by atoms with Crippen molar-refractivity contribution in [3.63, 3.8) is 0 Å². The van der Waals surface area contributed by atoms with Crippen LogP contribution in [0, 0.1) is 11.3 Å². The number of nitrogens with zero attached hydrogens (tertiary/aromatic N) is 1. The Balaban J connectivity index is 2.04. The molecule has 4 nitrogen and oxygen atoms in total. The van der Waals surface area contributed by atoms with Crippen LogP contribution < -0.4 is 0 Å². The van der Waals surface area contributed by atoms with Gasteiger partial charge in [-0.25, -0.2) is 0 Å². The van der Waals surface area contributed by atoms with Crippen molar-refractivity contribution < 1.29 is 14.9 Å². The Hall–Kier alpha value is -0.710. The second-order valence-corrected chi connectivity index (χ2v) is 6.90. The third-order valence-electron chi connectivity index (χ3n) is 2.93. The van der Waals surface area contributed by atoms with Crippen LogP contribution in [0.15, 0.2) is 29.2 Å². The molecule has 1 heterocycles. The number of benzene rings is 1. The maximum atomic E-state index is 10.2. The lowest BCUT2D eigenvalue weighted by atomic mass is 10.1. The van der Waals surface area contributed by atoms with E-state index < -0.39 is 18.3 Å². The summed E-state index contributed by atoms with van der Waals surface area (Å²) in [5.74, 6) is 0.545. The normalized spacial score (nSPS) is 30.8. The molecule has 4 atom stereocenters. The van der Waals surface area contributed by atoms with Crippen molar-refractivity contribution in [2.45, 2.75) is 27.8 Å². The van der Waals surface area contributed by atoms with Crippen LogP contribution in [0.4, 0.5) is 0 Å². The molecule has 1 aromatic carbocycles. The minimum atomic E-state index is -0.723. The van der Waals surface area contributed by atoms with Crippen molar-refractivity contribution in [2.24, 2.45) is 0 Å². The highest BCUT2D eigenvalue weighted by Gasteiger charge is 2.38. The number of aliphatic hydroxyl groups excluding tert-OH is 2. The highest BCUT2D eigenvalue weighted by Crippen LogP contribution is 2.39. The number of rotatable bonds is 3. The molecule has 0 aromatic heterocycles. The van der Waals surface area contributed by atoms with Gasteiger partial charge in [-0.3, -0.25) is 0 Å². The summed E-state index contributed by atoms with van der Waals surface area (Å²) >= 11 is 3.05. The number of methoxy groups -OCH3 is 1. The van der Waals surface area contributed by atoms with Crippen LogP contribution >= 0.6 is 23.5 Å². The SMILES string of the molecule is CO[C@@H]1[C@@H](O)[C@H](Sc2ccc(C#N)cc2)SC[C@H]1O. The lowest BCUT2D eigenvalue weighted by Crippen LogP contribution is -2.48. The Morgan fingerprint density at radius 2 is 2.05 bits per heavy atom. The summed E-state index contributed by atoms with van der Waals surface area (Å²) in [5, 5.41) is 28.7. The summed E-state index contributed by atoms with van der Waals surface area (Å²) in [5.41, 5.74) is 0.617. The van der Waals surface area contributed by atoms with Gasteiger partial charge in [-0.05, 0) is 24.3 Å². The van der Waals surface area contributed by atoms with Gasteiger partial charge in [0.2, 0.25) is 0 Å². The molecule has 0 bridgehead atoms. The fraction of sp³-hybridized carbons (Fsp3) is 0.462. The standard InChI is InChI=1S/C13H15NO3S2/c1-17-12-10(15)7-18-13(11(12)16)19-9-4-2-8(6-14)3-5-9/h2-5,10-13,15-16H,7H2,1H3/t10-,11-,12+,13+/m1/s1. The molecule has 0 saturated carbocycles. The van der Waals surface area contributed by atoms with Gasteiger partial charge in [0.25, 0.3) is 0 Å². The lowest BCUT2D eigenvalue weighted by molar-refractivity contribution is -0.0711. The van der Waals surface area contributed by atoms with E-state index in [0.717, 1.165) is 4.90 Å². The van der Waals surface area contributed by atoms with Crippen molar-refractivity contribution in [2.75, 3.05) is 12.9 Å². The van der Waals surface area contributed by atoms with Crippen LogP contribution in [0.5, 0.6) is 0 Å². The first-order valence-corrected chi connectivity index (χ1v) is 7.76. The van der Waals surface area contributed by atoms with Crippen molar-refractivity contribution in [1.82, 2.24) is 0 Å². The molecule has 0 amide bonds. The van der Waals surface area contributed by atoms with Crippen LogP contribution in [0.2, 0.25) is 0 Å². The largest absolute Gasteiger partial charge is 0.389 e. The van der Waals surface area contributed by atoms with Crippen molar-refractivity contribution in [3.05, 3.63) is 29.8 Å². The lowest BCUT2D eigenvalue weighted by Gasteiger charge is -2.36. The van der Waals surface area contributed by atoms with Gasteiger partial charge in [0.15, 0.2) is 0 Å². The van der Waals surface area contributed by atoms with E-state index in [-0.39, 0.29) is 4.58 Å². The molecule has 2 N–H and O–H groups in total. The van der Waals surface area contributed by atoms with Crippen LogP contribution in [0.25, 0.3) is 0 Å². The Labute approximate surface area is 120 Å². The number of hydrogen-bond donors (Lipinski definition) is 2.